The number of carboxylic acid groups (broad SMARTS) is 1. The van der Waals surface area contributed by atoms with E-state index >= 15 is 0 Å². The van der Waals surface area contributed by atoms with Gasteiger partial charge >= 0.3 is 5.97 Å². The average molecular weight is 279 g/mol. The number of aryl methyl sites for hydroxylation is 1. The van der Waals surface area contributed by atoms with E-state index in [-0.39, 0.29) is 0 Å². The van der Waals surface area contributed by atoms with Crippen molar-refractivity contribution < 1.29 is 9.90 Å². The summed E-state index contributed by atoms with van der Waals surface area (Å²) < 4.78 is 0. The van der Waals surface area contributed by atoms with Gasteiger partial charge in [0, 0.05) is 11.1 Å². The predicted octanol–water partition coefficient (Wildman–Crippen LogP) is 2.35. The molecule has 0 aliphatic rings. The maximum atomic E-state index is 10.7. The average Bonchev–Trinajstić information content (AvgIpc) is 2.48. The first kappa shape index (κ1) is 14.8. The summed E-state index contributed by atoms with van der Waals surface area (Å²) in [7, 11) is 0. The van der Waals surface area contributed by atoms with Crippen LogP contribution in [0.2, 0.25) is 0 Å². The second kappa shape index (κ2) is 6.74. The molecular weight excluding hydrogens is 262 g/mol. The third-order valence-electron chi connectivity index (χ3n) is 3.13. The summed E-state index contributed by atoms with van der Waals surface area (Å²) in [6.07, 6.45) is 0.320. The van der Waals surface area contributed by atoms with E-state index < -0.39 is 12.0 Å². The zero-order valence-electron chi connectivity index (χ0n) is 11.8. The molecule has 21 heavy (non-hydrogen) atoms. The molecule has 0 bridgehead atoms. The normalized spacial score (nSPS) is 11.3. The Kier molecular flexibility index (Phi) is 4.76. The van der Waals surface area contributed by atoms with E-state index in [0.29, 0.717) is 6.42 Å². The first-order chi connectivity index (χ1) is 10.0. The highest BCUT2D eigenvalue weighted by atomic mass is 16.4. The molecule has 0 aromatic heterocycles. The number of carbonyl (C=O) groups is 1. The number of nitrogens with two attached hydrogens (primary N) is 1. The Labute approximate surface area is 124 Å². The summed E-state index contributed by atoms with van der Waals surface area (Å²) >= 11 is 0. The molecular formula is C18H17NO2. The van der Waals surface area contributed by atoms with Crippen molar-refractivity contribution in [2.45, 2.75) is 19.4 Å². The second-order valence-corrected chi connectivity index (χ2v) is 4.96. The highest BCUT2D eigenvalue weighted by Gasteiger charge is 2.11. The molecule has 0 spiro atoms. The summed E-state index contributed by atoms with van der Waals surface area (Å²) in [6, 6.07) is 14.7. The molecule has 3 N–H and O–H groups in total. The molecule has 3 heteroatoms. The summed E-state index contributed by atoms with van der Waals surface area (Å²) in [5, 5.41) is 8.78. The third kappa shape index (κ3) is 4.48. The quantitative estimate of drug-likeness (QED) is 0.848. The number of aliphatic carboxylic acids is 1. The first-order valence-electron chi connectivity index (χ1n) is 6.70. The molecule has 106 valence electrons. The number of hydrogen-bond acceptors (Lipinski definition) is 2. The molecule has 0 fully saturated rings. The summed E-state index contributed by atoms with van der Waals surface area (Å²) in [6.45, 7) is 2.04. The van der Waals surface area contributed by atoms with Crippen molar-refractivity contribution in [2.24, 2.45) is 5.73 Å². The number of carboxylic acids is 1. The van der Waals surface area contributed by atoms with E-state index in [9.17, 15) is 4.79 Å². The molecule has 3 nitrogen and oxygen atoms in total. The van der Waals surface area contributed by atoms with Crippen molar-refractivity contribution in [1.82, 2.24) is 0 Å². The molecule has 0 aliphatic carbocycles. The van der Waals surface area contributed by atoms with Crippen LogP contribution >= 0.6 is 0 Å². The summed E-state index contributed by atoms with van der Waals surface area (Å²) in [4.78, 5) is 10.7. The van der Waals surface area contributed by atoms with Crippen LogP contribution in [0.25, 0.3) is 0 Å². The minimum atomic E-state index is -0.988. The zero-order valence-corrected chi connectivity index (χ0v) is 11.8. The molecule has 0 saturated heterocycles. The Morgan fingerprint density at radius 1 is 1.05 bits per heavy atom. The van der Waals surface area contributed by atoms with Gasteiger partial charge in [0.1, 0.15) is 6.04 Å². The van der Waals surface area contributed by atoms with Crippen LogP contribution < -0.4 is 5.73 Å². The van der Waals surface area contributed by atoms with Crippen molar-refractivity contribution in [3.05, 3.63) is 70.8 Å². The maximum absolute atomic E-state index is 10.7. The third-order valence-corrected chi connectivity index (χ3v) is 3.13. The number of hydrogen-bond donors (Lipinski definition) is 2. The van der Waals surface area contributed by atoms with Gasteiger partial charge in [-0.1, -0.05) is 41.7 Å². The Morgan fingerprint density at radius 3 is 2.00 bits per heavy atom. The van der Waals surface area contributed by atoms with Crippen LogP contribution in [0.1, 0.15) is 22.3 Å². The maximum Gasteiger partial charge on any atom is 0.320 e. The molecule has 0 heterocycles. The van der Waals surface area contributed by atoms with E-state index in [1.807, 2.05) is 55.5 Å². The fourth-order valence-corrected chi connectivity index (χ4v) is 1.85. The first-order valence-corrected chi connectivity index (χ1v) is 6.70. The van der Waals surface area contributed by atoms with Crippen LogP contribution in [0, 0.1) is 18.8 Å². The van der Waals surface area contributed by atoms with Crippen molar-refractivity contribution in [3.8, 4) is 11.8 Å². The molecule has 1 atom stereocenters. The standard InChI is InChI=1S/C18H17NO2/c1-13-2-4-14(5-3-13)6-7-15-8-10-16(11-9-15)12-17(19)18(20)21/h2-5,8-11,17H,12,19H2,1H3,(H,20,21). The van der Waals surface area contributed by atoms with Gasteiger partial charge in [0.2, 0.25) is 0 Å². The van der Waals surface area contributed by atoms with Gasteiger partial charge in [-0.3, -0.25) is 4.79 Å². The lowest BCUT2D eigenvalue weighted by atomic mass is 10.0. The SMILES string of the molecule is Cc1ccc(C#Cc2ccc(CC(N)C(=O)O)cc2)cc1. The minimum Gasteiger partial charge on any atom is -0.480 e. The highest BCUT2D eigenvalue weighted by molar-refractivity contribution is 5.73. The van der Waals surface area contributed by atoms with Crippen LogP contribution in [0.3, 0.4) is 0 Å². The Morgan fingerprint density at radius 2 is 1.52 bits per heavy atom. The van der Waals surface area contributed by atoms with Crippen LogP contribution in [0.4, 0.5) is 0 Å². The number of benzene rings is 2. The number of rotatable bonds is 3. The van der Waals surface area contributed by atoms with Gasteiger partial charge in [0.15, 0.2) is 0 Å². The zero-order chi connectivity index (χ0) is 15.2. The lowest BCUT2D eigenvalue weighted by molar-refractivity contribution is -0.138. The van der Waals surface area contributed by atoms with Crippen LogP contribution in [-0.2, 0) is 11.2 Å². The van der Waals surface area contributed by atoms with E-state index in [1.54, 1.807) is 0 Å². The van der Waals surface area contributed by atoms with Crippen molar-refractivity contribution in [1.29, 1.82) is 0 Å². The van der Waals surface area contributed by atoms with Gasteiger partial charge in [-0.05, 0) is 43.2 Å². The van der Waals surface area contributed by atoms with Crippen LogP contribution in [0.5, 0.6) is 0 Å². The largest absolute Gasteiger partial charge is 0.480 e. The van der Waals surface area contributed by atoms with Crippen molar-refractivity contribution >= 4 is 5.97 Å². The summed E-state index contributed by atoms with van der Waals surface area (Å²) in [5.41, 5.74) is 9.47. The smallest absolute Gasteiger partial charge is 0.320 e. The van der Waals surface area contributed by atoms with Gasteiger partial charge < -0.3 is 10.8 Å². The Hall–Kier alpha value is -2.57. The fourth-order valence-electron chi connectivity index (χ4n) is 1.85. The highest BCUT2D eigenvalue weighted by Crippen LogP contribution is 2.07. The van der Waals surface area contributed by atoms with E-state index in [0.717, 1.165) is 16.7 Å². The van der Waals surface area contributed by atoms with E-state index in [1.165, 1.54) is 5.56 Å². The topological polar surface area (TPSA) is 63.3 Å². The predicted molar refractivity (Wildman–Crippen MR) is 82.9 cm³/mol. The van der Waals surface area contributed by atoms with Crippen molar-refractivity contribution in [3.63, 3.8) is 0 Å². The van der Waals surface area contributed by atoms with Gasteiger partial charge in [-0.15, -0.1) is 0 Å². The van der Waals surface area contributed by atoms with E-state index in [2.05, 4.69) is 11.8 Å². The van der Waals surface area contributed by atoms with Gasteiger partial charge in [-0.25, -0.2) is 0 Å². The molecule has 2 aromatic carbocycles. The lowest BCUT2D eigenvalue weighted by Crippen LogP contribution is -2.32. The van der Waals surface area contributed by atoms with Crippen molar-refractivity contribution in [2.75, 3.05) is 0 Å². The molecule has 0 saturated carbocycles. The molecule has 2 rings (SSSR count). The molecule has 2 aromatic rings. The minimum absolute atomic E-state index is 0.320. The Bertz CT molecular complexity index is 676. The molecule has 0 aliphatic heterocycles. The molecule has 1 unspecified atom stereocenters. The van der Waals surface area contributed by atoms with Crippen LogP contribution in [0.15, 0.2) is 48.5 Å². The monoisotopic (exact) mass is 279 g/mol. The molecule has 0 radical (unpaired) electrons. The van der Waals surface area contributed by atoms with E-state index in [4.69, 9.17) is 10.8 Å². The second-order valence-electron chi connectivity index (χ2n) is 4.96. The fraction of sp³-hybridized carbons (Fsp3) is 0.167. The summed E-state index contributed by atoms with van der Waals surface area (Å²) in [5.74, 6) is 5.20. The van der Waals surface area contributed by atoms with Gasteiger partial charge in [0.05, 0.1) is 0 Å². The van der Waals surface area contributed by atoms with Crippen LogP contribution in [-0.4, -0.2) is 17.1 Å². The lowest BCUT2D eigenvalue weighted by Gasteiger charge is -2.05. The van der Waals surface area contributed by atoms with Gasteiger partial charge in [-0.2, -0.15) is 0 Å². The van der Waals surface area contributed by atoms with Gasteiger partial charge in [0.25, 0.3) is 0 Å². The Balaban J connectivity index is 2.06. The molecule has 0 amide bonds.